The Bertz CT molecular complexity index is 309. The second kappa shape index (κ2) is 4.11. The summed E-state index contributed by atoms with van der Waals surface area (Å²) in [6, 6.07) is 9.68. The molecule has 0 bridgehead atoms. The Balaban J connectivity index is 2.30. The summed E-state index contributed by atoms with van der Waals surface area (Å²) in [4.78, 5) is 0. The molecule has 0 aromatic heterocycles. The third-order valence-electron chi connectivity index (χ3n) is 3.10. The number of hydrogen-bond donors (Lipinski definition) is 2. The van der Waals surface area contributed by atoms with E-state index >= 15 is 0 Å². The number of hydrogen-bond acceptors (Lipinski definition) is 2. The van der Waals surface area contributed by atoms with Gasteiger partial charge in [0, 0.05) is 12.1 Å². The van der Waals surface area contributed by atoms with Gasteiger partial charge >= 0.3 is 0 Å². The maximum atomic E-state index is 3.56. The Kier molecular flexibility index (Phi) is 2.85. The Morgan fingerprint density at radius 3 is 3.00 bits per heavy atom. The van der Waals surface area contributed by atoms with Crippen molar-refractivity contribution in [1.82, 2.24) is 10.6 Å². The molecule has 1 heterocycles. The van der Waals surface area contributed by atoms with Gasteiger partial charge in [-0.3, -0.25) is 0 Å². The summed E-state index contributed by atoms with van der Waals surface area (Å²) in [5, 5.41) is 6.88. The van der Waals surface area contributed by atoms with Gasteiger partial charge in [-0.2, -0.15) is 0 Å². The van der Waals surface area contributed by atoms with Gasteiger partial charge < -0.3 is 10.6 Å². The van der Waals surface area contributed by atoms with Crippen LogP contribution in [-0.2, 0) is 6.42 Å². The van der Waals surface area contributed by atoms with Crippen LogP contribution in [0.1, 0.15) is 24.1 Å². The highest BCUT2D eigenvalue weighted by atomic mass is 15.0. The molecule has 1 unspecified atom stereocenters. The third kappa shape index (κ3) is 1.68. The van der Waals surface area contributed by atoms with Gasteiger partial charge in [0.25, 0.3) is 0 Å². The molecule has 2 nitrogen and oxygen atoms in total. The summed E-state index contributed by atoms with van der Waals surface area (Å²) in [5.74, 6) is 0. The van der Waals surface area contributed by atoms with Crippen LogP contribution >= 0.6 is 0 Å². The maximum absolute atomic E-state index is 3.56. The van der Waals surface area contributed by atoms with Crippen LogP contribution in [-0.4, -0.2) is 19.6 Å². The Morgan fingerprint density at radius 1 is 1.43 bits per heavy atom. The summed E-state index contributed by atoms with van der Waals surface area (Å²) in [6.07, 6.45) is 1.16. The molecule has 2 heteroatoms. The number of nitrogens with one attached hydrogen (secondary N) is 2. The number of rotatable bonds is 2. The number of fused-ring (bicyclic) bond motifs is 1. The molecule has 0 radical (unpaired) electrons. The first kappa shape index (κ1) is 9.69. The lowest BCUT2D eigenvalue weighted by Crippen LogP contribution is -2.41. The first-order valence-corrected chi connectivity index (χ1v) is 5.31. The molecule has 0 aliphatic carbocycles. The van der Waals surface area contributed by atoms with Gasteiger partial charge in [-0.25, -0.2) is 0 Å². The molecular weight excluding hydrogens is 172 g/mol. The fourth-order valence-electron chi connectivity index (χ4n) is 2.15. The van der Waals surface area contributed by atoms with Crippen LogP contribution < -0.4 is 10.6 Å². The van der Waals surface area contributed by atoms with Crippen molar-refractivity contribution in [3.05, 3.63) is 35.4 Å². The van der Waals surface area contributed by atoms with Crippen LogP contribution in [0.2, 0.25) is 0 Å². The largest absolute Gasteiger partial charge is 0.315 e. The van der Waals surface area contributed by atoms with E-state index in [0.29, 0.717) is 12.1 Å². The van der Waals surface area contributed by atoms with Crippen LogP contribution in [0.4, 0.5) is 0 Å². The second-order valence-corrected chi connectivity index (χ2v) is 3.96. The van der Waals surface area contributed by atoms with Crippen LogP contribution in [0.5, 0.6) is 0 Å². The van der Waals surface area contributed by atoms with Gasteiger partial charge in [0.05, 0.1) is 0 Å². The van der Waals surface area contributed by atoms with Crippen LogP contribution in [0.3, 0.4) is 0 Å². The van der Waals surface area contributed by atoms with E-state index in [0.717, 1.165) is 13.0 Å². The lowest BCUT2D eigenvalue weighted by atomic mass is 9.91. The zero-order valence-electron chi connectivity index (χ0n) is 8.88. The fraction of sp³-hybridized carbons (Fsp3) is 0.500. The van der Waals surface area contributed by atoms with Gasteiger partial charge in [0.15, 0.2) is 0 Å². The van der Waals surface area contributed by atoms with Gasteiger partial charge in [-0.15, -0.1) is 0 Å². The molecule has 0 saturated heterocycles. The van der Waals surface area contributed by atoms with Crippen molar-refractivity contribution in [2.45, 2.75) is 25.4 Å². The molecule has 0 fully saturated rings. The molecule has 2 rings (SSSR count). The van der Waals surface area contributed by atoms with E-state index in [-0.39, 0.29) is 0 Å². The predicted octanol–water partition coefficient (Wildman–Crippen LogP) is 1.48. The summed E-state index contributed by atoms with van der Waals surface area (Å²) >= 11 is 0. The van der Waals surface area contributed by atoms with Crippen molar-refractivity contribution < 1.29 is 0 Å². The monoisotopic (exact) mass is 190 g/mol. The highest BCUT2D eigenvalue weighted by Crippen LogP contribution is 2.24. The van der Waals surface area contributed by atoms with Crippen LogP contribution in [0.25, 0.3) is 0 Å². The first-order chi connectivity index (χ1) is 6.83. The molecule has 1 aromatic carbocycles. The molecule has 76 valence electrons. The smallest absolute Gasteiger partial charge is 0.0475 e. The minimum Gasteiger partial charge on any atom is -0.315 e. The molecule has 2 N–H and O–H groups in total. The molecule has 1 aromatic rings. The van der Waals surface area contributed by atoms with Crippen molar-refractivity contribution in [3.63, 3.8) is 0 Å². The maximum Gasteiger partial charge on any atom is 0.0475 e. The predicted molar refractivity (Wildman–Crippen MR) is 59.4 cm³/mol. The summed E-state index contributed by atoms with van der Waals surface area (Å²) in [6.45, 7) is 3.31. The highest BCUT2D eigenvalue weighted by molar-refractivity contribution is 5.33. The molecule has 2 atom stereocenters. The Morgan fingerprint density at radius 2 is 2.21 bits per heavy atom. The number of likely N-dealkylation sites (N-methyl/N-ethyl adjacent to an activating group) is 1. The third-order valence-corrected chi connectivity index (χ3v) is 3.10. The van der Waals surface area contributed by atoms with E-state index in [4.69, 9.17) is 0 Å². The Labute approximate surface area is 85.7 Å². The average Bonchev–Trinajstić information content (AvgIpc) is 2.27. The molecule has 1 aliphatic rings. The Hall–Kier alpha value is -0.860. The van der Waals surface area contributed by atoms with E-state index < -0.39 is 0 Å². The normalized spacial score (nSPS) is 22.9. The average molecular weight is 190 g/mol. The van der Waals surface area contributed by atoms with Crippen molar-refractivity contribution >= 4 is 0 Å². The first-order valence-electron chi connectivity index (χ1n) is 5.31. The molecule has 0 spiro atoms. The van der Waals surface area contributed by atoms with Gasteiger partial charge in [-0.05, 0) is 38.1 Å². The van der Waals surface area contributed by atoms with Crippen molar-refractivity contribution in [3.8, 4) is 0 Å². The summed E-state index contributed by atoms with van der Waals surface area (Å²) in [7, 11) is 2.02. The number of benzene rings is 1. The summed E-state index contributed by atoms with van der Waals surface area (Å²) < 4.78 is 0. The van der Waals surface area contributed by atoms with Gasteiger partial charge in [0.1, 0.15) is 0 Å². The van der Waals surface area contributed by atoms with E-state index in [1.165, 1.54) is 11.1 Å². The van der Waals surface area contributed by atoms with Crippen molar-refractivity contribution in [1.29, 1.82) is 0 Å². The lowest BCUT2D eigenvalue weighted by molar-refractivity contribution is 0.402. The fourth-order valence-corrected chi connectivity index (χ4v) is 2.15. The zero-order chi connectivity index (χ0) is 9.97. The van der Waals surface area contributed by atoms with E-state index in [2.05, 4.69) is 41.8 Å². The minimum atomic E-state index is 0.463. The molecule has 1 aliphatic heterocycles. The van der Waals surface area contributed by atoms with Crippen LogP contribution in [0.15, 0.2) is 24.3 Å². The van der Waals surface area contributed by atoms with Crippen molar-refractivity contribution in [2.24, 2.45) is 0 Å². The summed E-state index contributed by atoms with van der Waals surface area (Å²) in [5.41, 5.74) is 2.96. The van der Waals surface area contributed by atoms with Crippen LogP contribution in [0, 0.1) is 0 Å². The molecule has 14 heavy (non-hydrogen) atoms. The second-order valence-electron chi connectivity index (χ2n) is 3.96. The minimum absolute atomic E-state index is 0.463. The SMILES string of the molecule is CN[C@@H](C)C1NCCc2ccccc21. The van der Waals surface area contributed by atoms with E-state index in [1.54, 1.807) is 0 Å². The molecular formula is C12H18N2. The molecule has 0 amide bonds. The highest BCUT2D eigenvalue weighted by Gasteiger charge is 2.22. The zero-order valence-corrected chi connectivity index (χ0v) is 8.88. The standard InChI is InChI=1S/C12H18N2/c1-9(13-2)12-11-6-4-3-5-10(11)7-8-14-12/h3-6,9,12-14H,7-8H2,1-2H3/t9-,12?/m0/s1. The van der Waals surface area contributed by atoms with Gasteiger partial charge in [0.2, 0.25) is 0 Å². The molecule has 0 saturated carbocycles. The van der Waals surface area contributed by atoms with Gasteiger partial charge in [-0.1, -0.05) is 24.3 Å². The quantitative estimate of drug-likeness (QED) is 0.738. The van der Waals surface area contributed by atoms with E-state index in [1.807, 2.05) is 7.05 Å². The topological polar surface area (TPSA) is 24.1 Å². The lowest BCUT2D eigenvalue weighted by Gasteiger charge is -2.31. The van der Waals surface area contributed by atoms with E-state index in [9.17, 15) is 0 Å². The van der Waals surface area contributed by atoms with Crippen molar-refractivity contribution in [2.75, 3.05) is 13.6 Å².